The van der Waals surface area contributed by atoms with E-state index in [1.165, 1.54) is 58.8 Å². The third-order valence-corrected chi connectivity index (χ3v) is 14.4. The van der Waals surface area contributed by atoms with E-state index in [0.717, 1.165) is 54.2 Å². The van der Waals surface area contributed by atoms with Crippen LogP contribution in [0.5, 0.6) is 0 Å². The Kier molecular flexibility index (Phi) is 24.4. The highest BCUT2D eigenvalue weighted by Gasteiger charge is 2.47. The Morgan fingerprint density at radius 2 is 1.52 bits per heavy atom. The number of phosphoric ester groups is 3. The number of nitrogens with two attached hydrogens (primary N) is 1. The summed E-state index contributed by atoms with van der Waals surface area (Å²) in [5.74, 6) is -0.566. The predicted molar refractivity (Wildman–Crippen MR) is 234 cm³/mol. The number of nitrogen functional groups attached to an aromatic ring is 1. The van der Waals surface area contributed by atoms with Gasteiger partial charge in [0.2, 0.25) is 11.8 Å². The maximum atomic E-state index is 12.6. The van der Waals surface area contributed by atoms with E-state index in [1.807, 2.05) is 0 Å². The molecule has 3 rings (SSSR count). The van der Waals surface area contributed by atoms with Crippen LogP contribution in [0.4, 0.5) is 5.82 Å². The minimum Gasteiger partial charge on any atom is -0.790 e. The molecule has 67 heavy (non-hydrogen) atoms. The van der Waals surface area contributed by atoms with Gasteiger partial charge in [-0.2, -0.15) is 0 Å². The van der Waals surface area contributed by atoms with Crippen LogP contribution in [0.1, 0.15) is 117 Å². The molecule has 7 N–H and O–H groups in total. The smallest absolute Gasteiger partial charge is 0.274 e. The lowest BCUT2D eigenvalue weighted by Gasteiger charge is -2.36. The van der Waals surface area contributed by atoms with Crippen LogP contribution in [-0.2, 0) is 50.7 Å². The van der Waals surface area contributed by atoms with Crippen LogP contribution in [0, 0.1) is 11.3 Å². The molecule has 0 aromatic carbocycles. The highest BCUT2D eigenvalue weighted by atomic mass is 32.2. The quantitative estimate of drug-likeness (QED) is 0.0426. The van der Waals surface area contributed by atoms with Gasteiger partial charge in [-0.25, -0.2) is 19.3 Å². The number of nitrogens with one attached hydrogen (secondary N) is 2. The third-order valence-electron chi connectivity index (χ3n) is 10.5. The van der Waals surface area contributed by atoms with Crippen molar-refractivity contribution in [2.45, 2.75) is 148 Å². The standard InChI is InChI=1S/C38H68N7O18P3S/c1-25(2)14-12-10-8-6-5-7-9-11-13-15-26(46)20-29(48)67-19-18-40-28(47)16-17-41-36(51)33(50)38(3,4)22-60-66(57,58)63-65(55,56)59-21-27-32(62-64(52,53)54)31(49)37(61-27)45-24-44-30-34(39)42-23-43-35(30)45/h23-27,31-33,37,46,49-50H,5-22H2,1-4H3,(H,40,47)(H,41,51)(H,55,56)(H,57,58)(H2,39,42,43)(H2,52,53,54)/p-4/t26?,27-,31-,32-,33+,37-/m1/s1. The summed E-state index contributed by atoms with van der Waals surface area (Å²) in [7, 11) is -17.6. The van der Waals surface area contributed by atoms with Crippen molar-refractivity contribution in [3.8, 4) is 0 Å². The zero-order valence-electron chi connectivity index (χ0n) is 38.0. The van der Waals surface area contributed by atoms with E-state index in [9.17, 15) is 63.0 Å². The summed E-state index contributed by atoms with van der Waals surface area (Å²) in [6.45, 7) is 4.50. The van der Waals surface area contributed by atoms with E-state index in [4.69, 9.17) is 10.5 Å². The fourth-order valence-corrected chi connectivity index (χ4v) is 10.3. The highest BCUT2D eigenvalue weighted by molar-refractivity contribution is 8.13. The highest BCUT2D eigenvalue weighted by Crippen LogP contribution is 2.56. The molecule has 8 atom stereocenters. The number of rotatable bonds is 33. The van der Waals surface area contributed by atoms with E-state index >= 15 is 0 Å². The molecule has 25 nitrogen and oxygen atoms in total. The fourth-order valence-electron chi connectivity index (χ4n) is 6.80. The Bertz CT molecular complexity index is 2030. The molecule has 0 aliphatic carbocycles. The largest absolute Gasteiger partial charge is 0.790 e. The number of carbonyl (C=O) groups is 3. The van der Waals surface area contributed by atoms with Crippen molar-refractivity contribution in [3.63, 3.8) is 0 Å². The summed E-state index contributed by atoms with van der Waals surface area (Å²) >= 11 is 0.987. The van der Waals surface area contributed by atoms with Gasteiger partial charge in [-0.1, -0.05) is 104 Å². The van der Waals surface area contributed by atoms with Gasteiger partial charge in [0.1, 0.15) is 36.3 Å². The lowest BCUT2D eigenvalue weighted by molar-refractivity contribution is -0.347. The summed E-state index contributed by atoms with van der Waals surface area (Å²) in [6.07, 6.45) is 3.97. The van der Waals surface area contributed by atoms with Crippen LogP contribution < -0.4 is 35.9 Å². The summed E-state index contributed by atoms with van der Waals surface area (Å²) in [5, 5.41) is 36.4. The number of amides is 2. The Morgan fingerprint density at radius 1 is 0.910 bits per heavy atom. The number of aromatic nitrogens is 4. The van der Waals surface area contributed by atoms with Crippen molar-refractivity contribution >= 4 is 69.1 Å². The minimum atomic E-state index is -5.93. The van der Waals surface area contributed by atoms with Crippen molar-refractivity contribution in [1.29, 1.82) is 0 Å². The normalized spacial score (nSPS) is 20.7. The van der Waals surface area contributed by atoms with Gasteiger partial charge in [-0.15, -0.1) is 0 Å². The van der Waals surface area contributed by atoms with Crippen LogP contribution in [0.3, 0.4) is 0 Å². The molecule has 29 heteroatoms. The van der Waals surface area contributed by atoms with Gasteiger partial charge in [0, 0.05) is 37.1 Å². The number of aliphatic hydroxyl groups is 3. The van der Waals surface area contributed by atoms with Gasteiger partial charge in [0.25, 0.3) is 15.6 Å². The maximum Gasteiger partial charge on any atom is 0.274 e. The van der Waals surface area contributed by atoms with Gasteiger partial charge in [-0.3, -0.25) is 28.1 Å². The third kappa shape index (κ3) is 21.6. The summed E-state index contributed by atoms with van der Waals surface area (Å²) in [5.41, 5.74) is 4.06. The molecule has 3 heterocycles. The number of ether oxygens (including phenoxy) is 1. The Hall–Kier alpha value is -2.48. The fraction of sp³-hybridized carbons (Fsp3) is 0.789. The SMILES string of the molecule is CC(C)CCCCCCCCCCCC(O)CC(=O)SCCNC(=O)CCNC(=O)[C@H](O)C(C)(C)COP(=O)([O-])OP(=O)([O-])OC[C@H]1O[C@@H](n2cnc3c(N)ncnc32)[C@H](O)[C@@H]1OP(=O)([O-])[O-]. The van der Waals surface area contributed by atoms with Gasteiger partial charge in [-0.05, 0) is 12.3 Å². The first kappa shape index (κ1) is 58.8. The van der Waals surface area contributed by atoms with Gasteiger partial charge in [0.05, 0.1) is 33.5 Å². The number of carbonyl (C=O) groups excluding carboxylic acids is 3. The number of phosphoric acid groups is 3. The zero-order valence-corrected chi connectivity index (χ0v) is 41.5. The van der Waals surface area contributed by atoms with Crippen molar-refractivity contribution in [1.82, 2.24) is 30.2 Å². The first-order valence-corrected chi connectivity index (χ1v) is 27.3. The Balaban J connectivity index is 1.32. The van der Waals surface area contributed by atoms with Crippen molar-refractivity contribution < 1.29 is 85.6 Å². The second-order valence-electron chi connectivity index (χ2n) is 17.2. The molecule has 3 unspecified atom stereocenters. The summed E-state index contributed by atoms with van der Waals surface area (Å²) in [6, 6.07) is 0. The number of imidazole rings is 1. The molecule has 2 aromatic rings. The molecule has 0 radical (unpaired) electrons. The minimum absolute atomic E-state index is 0.0152. The molecule has 1 fully saturated rings. The number of anilines is 1. The Morgan fingerprint density at radius 3 is 2.15 bits per heavy atom. The average molecular weight is 1030 g/mol. The number of hydrogen-bond donors (Lipinski definition) is 6. The molecule has 0 saturated carbocycles. The molecule has 2 aromatic heterocycles. The first-order chi connectivity index (χ1) is 31.3. The van der Waals surface area contributed by atoms with Gasteiger partial charge >= 0.3 is 0 Å². The number of nitrogens with zero attached hydrogens (tertiary/aromatic N) is 4. The van der Waals surface area contributed by atoms with Crippen LogP contribution in [-0.4, -0.2) is 114 Å². The molecule has 384 valence electrons. The van der Waals surface area contributed by atoms with Gasteiger partial charge in [0.15, 0.2) is 22.8 Å². The zero-order chi connectivity index (χ0) is 50.0. The van der Waals surface area contributed by atoms with Crippen LogP contribution in [0.15, 0.2) is 12.7 Å². The lowest BCUT2D eigenvalue weighted by Crippen LogP contribution is -2.46. The van der Waals surface area contributed by atoms with E-state index < -0.39 is 90.7 Å². The maximum absolute atomic E-state index is 12.6. The average Bonchev–Trinajstić information content (AvgIpc) is 3.79. The van der Waals surface area contributed by atoms with Crippen molar-refractivity contribution in [2.75, 3.05) is 37.8 Å². The van der Waals surface area contributed by atoms with Crippen molar-refractivity contribution in [3.05, 3.63) is 12.7 Å². The van der Waals surface area contributed by atoms with E-state index in [2.05, 4.69) is 57.3 Å². The van der Waals surface area contributed by atoms with E-state index in [1.54, 1.807) is 0 Å². The number of unbranched alkanes of at least 4 members (excludes halogenated alkanes) is 8. The Labute approximate surface area is 393 Å². The van der Waals surface area contributed by atoms with Crippen LogP contribution in [0.25, 0.3) is 11.2 Å². The molecular formula is C38H64N7O18P3S-4. The number of thioether (sulfide) groups is 1. The monoisotopic (exact) mass is 1030 g/mol. The van der Waals surface area contributed by atoms with E-state index in [0.29, 0.717) is 6.42 Å². The molecular weight excluding hydrogens is 967 g/mol. The molecule has 0 bridgehead atoms. The summed E-state index contributed by atoms with van der Waals surface area (Å²) in [4.78, 5) is 96.9. The topological polar surface area (TPSA) is 395 Å². The molecule has 2 amide bonds. The predicted octanol–water partition coefficient (Wildman–Crippen LogP) is 0.835. The number of fused-ring (bicyclic) bond motifs is 1. The second-order valence-corrected chi connectivity index (χ2v) is 22.4. The molecule has 1 saturated heterocycles. The number of hydrogen-bond acceptors (Lipinski definition) is 23. The van der Waals surface area contributed by atoms with Crippen LogP contribution >= 0.6 is 35.2 Å². The molecule has 0 spiro atoms. The molecule has 1 aliphatic rings. The number of aliphatic hydroxyl groups excluding tert-OH is 3. The lowest BCUT2D eigenvalue weighted by atomic mass is 9.87. The van der Waals surface area contributed by atoms with Gasteiger partial charge < -0.3 is 74.1 Å². The molecule has 1 aliphatic heterocycles. The van der Waals surface area contributed by atoms with Crippen LogP contribution in [0.2, 0.25) is 0 Å². The second kappa shape index (κ2) is 27.8. The first-order valence-electron chi connectivity index (χ1n) is 22.0. The van der Waals surface area contributed by atoms with E-state index in [-0.39, 0.29) is 53.8 Å². The van der Waals surface area contributed by atoms with Crippen molar-refractivity contribution in [2.24, 2.45) is 11.3 Å². The summed E-state index contributed by atoms with van der Waals surface area (Å²) < 4.78 is 60.8.